The highest BCUT2D eigenvalue weighted by Gasteiger charge is 2.16. The molecule has 2 rings (SSSR count). The number of aryl methyl sites for hydroxylation is 1. The Bertz CT molecular complexity index is 319. The van der Waals surface area contributed by atoms with E-state index in [0.717, 1.165) is 17.4 Å². The van der Waals surface area contributed by atoms with E-state index < -0.39 is 0 Å². The lowest BCUT2D eigenvalue weighted by atomic mass is 10.1. The molecule has 1 atom stereocenters. The zero-order valence-corrected chi connectivity index (χ0v) is 12.0. The Balaban J connectivity index is 1.55. The van der Waals surface area contributed by atoms with Crippen LogP contribution in [-0.4, -0.2) is 17.0 Å². The quantitative estimate of drug-likeness (QED) is 0.804. The van der Waals surface area contributed by atoms with Gasteiger partial charge in [0.05, 0.1) is 0 Å². The van der Waals surface area contributed by atoms with Crippen LogP contribution < -0.4 is 5.73 Å². The molecule has 0 bridgehead atoms. The Hall–Kier alpha value is -0.470. The number of hydrogen-bond donors (Lipinski definition) is 1. The van der Waals surface area contributed by atoms with Crippen molar-refractivity contribution in [3.63, 3.8) is 0 Å². The first kappa shape index (κ1) is 14.0. The summed E-state index contributed by atoms with van der Waals surface area (Å²) in [6.45, 7) is 0. The second-order valence-corrected chi connectivity index (χ2v) is 6.71. The molecular weight excluding hydrogens is 238 g/mol. The molecule has 1 unspecified atom stereocenters. The van der Waals surface area contributed by atoms with E-state index in [9.17, 15) is 0 Å². The predicted molar refractivity (Wildman–Crippen MR) is 82.1 cm³/mol. The second-order valence-electron chi connectivity index (χ2n) is 5.38. The fourth-order valence-corrected chi connectivity index (χ4v) is 3.96. The summed E-state index contributed by atoms with van der Waals surface area (Å²) in [5.41, 5.74) is 7.63. The van der Waals surface area contributed by atoms with Crippen LogP contribution in [0.2, 0.25) is 0 Å². The van der Waals surface area contributed by atoms with Crippen molar-refractivity contribution in [2.45, 2.75) is 56.2 Å². The van der Waals surface area contributed by atoms with Gasteiger partial charge in [-0.1, -0.05) is 43.2 Å². The lowest BCUT2D eigenvalue weighted by molar-refractivity contribution is 0.630. The van der Waals surface area contributed by atoms with Gasteiger partial charge in [-0.05, 0) is 37.7 Å². The average Bonchev–Trinajstić information content (AvgIpc) is 2.91. The van der Waals surface area contributed by atoms with Crippen molar-refractivity contribution >= 4 is 11.8 Å². The number of hydrogen-bond acceptors (Lipinski definition) is 2. The molecule has 0 aromatic heterocycles. The fourth-order valence-electron chi connectivity index (χ4n) is 2.61. The van der Waals surface area contributed by atoms with Gasteiger partial charge in [-0.25, -0.2) is 0 Å². The molecule has 0 saturated heterocycles. The molecule has 0 amide bonds. The van der Waals surface area contributed by atoms with Crippen LogP contribution in [0, 0.1) is 0 Å². The number of benzene rings is 1. The zero-order chi connectivity index (χ0) is 12.6. The molecule has 1 saturated carbocycles. The summed E-state index contributed by atoms with van der Waals surface area (Å²) in [4.78, 5) is 0. The van der Waals surface area contributed by atoms with Gasteiger partial charge in [0.25, 0.3) is 0 Å². The molecule has 1 nitrogen and oxygen atoms in total. The molecule has 0 heterocycles. The maximum Gasteiger partial charge on any atom is 0.0130 e. The highest BCUT2D eigenvalue weighted by molar-refractivity contribution is 7.99. The van der Waals surface area contributed by atoms with Crippen LogP contribution >= 0.6 is 11.8 Å². The third kappa shape index (κ3) is 5.03. The van der Waals surface area contributed by atoms with Crippen molar-refractivity contribution in [1.82, 2.24) is 0 Å². The van der Waals surface area contributed by atoms with Crippen molar-refractivity contribution in [2.24, 2.45) is 5.73 Å². The Morgan fingerprint density at radius 1 is 1.17 bits per heavy atom. The molecule has 1 aliphatic rings. The van der Waals surface area contributed by atoms with Crippen LogP contribution in [0.1, 0.15) is 44.1 Å². The second kappa shape index (κ2) is 7.85. The van der Waals surface area contributed by atoms with Crippen molar-refractivity contribution in [3.05, 3.63) is 35.9 Å². The van der Waals surface area contributed by atoms with Crippen LogP contribution in [0.3, 0.4) is 0 Å². The Kier molecular flexibility index (Phi) is 6.09. The first-order valence-electron chi connectivity index (χ1n) is 7.25. The molecule has 1 fully saturated rings. The molecule has 2 N–H and O–H groups in total. The van der Waals surface area contributed by atoms with Gasteiger partial charge in [0, 0.05) is 17.0 Å². The molecule has 0 aliphatic heterocycles. The van der Waals surface area contributed by atoms with Gasteiger partial charge < -0.3 is 5.73 Å². The largest absolute Gasteiger partial charge is 0.327 e. The topological polar surface area (TPSA) is 26.0 Å². The molecule has 1 aromatic rings. The highest BCUT2D eigenvalue weighted by Crippen LogP contribution is 2.29. The van der Waals surface area contributed by atoms with Gasteiger partial charge in [0.1, 0.15) is 0 Å². The molecular formula is C16H25NS. The number of nitrogens with two attached hydrogens (primary N) is 1. The van der Waals surface area contributed by atoms with Crippen molar-refractivity contribution in [1.29, 1.82) is 0 Å². The lowest BCUT2D eigenvalue weighted by Crippen LogP contribution is -2.24. The minimum absolute atomic E-state index is 0.388. The molecule has 0 spiro atoms. The summed E-state index contributed by atoms with van der Waals surface area (Å²) >= 11 is 2.11. The molecule has 100 valence electrons. The SMILES string of the molecule is NC(CCCc1ccccc1)CSC1CCCC1. The highest BCUT2D eigenvalue weighted by atomic mass is 32.2. The van der Waals surface area contributed by atoms with E-state index in [1.54, 1.807) is 0 Å². The zero-order valence-electron chi connectivity index (χ0n) is 11.2. The fraction of sp³-hybridized carbons (Fsp3) is 0.625. The van der Waals surface area contributed by atoms with E-state index in [2.05, 4.69) is 42.1 Å². The minimum atomic E-state index is 0.388. The lowest BCUT2D eigenvalue weighted by Gasteiger charge is -2.14. The van der Waals surface area contributed by atoms with Crippen LogP contribution in [0.25, 0.3) is 0 Å². The maximum atomic E-state index is 6.20. The number of thioether (sulfide) groups is 1. The predicted octanol–water partition coefficient (Wildman–Crippen LogP) is 4.01. The standard InChI is InChI=1S/C16H25NS/c17-15(13-18-16-11-4-5-12-16)10-6-9-14-7-2-1-3-8-14/h1-3,7-8,15-16H,4-6,9-13,17H2. The van der Waals surface area contributed by atoms with Crippen molar-refractivity contribution in [2.75, 3.05) is 5.75 Å². The molecule has 18 heavy (non-hydrogen) atoms. The number of rotatable bonds is 7. The molecule has 2 heteroatoms. The minimum Gasteiger partial charge on any atom is -0.327 e. The summed E-state index contributed by atoms with van der Waals surface area (Å²) in [7, 11) is 0. The Morgan fingerprint density at radius 3 is 2.61 bits per heavy atom. The van der Waals surface area contributed by atoms with Gasteiger partial charge in [-0.15, -0.1) is 0 Å². The summed E-state index contributed by atoms with van der Waals surface area (Å²) in [6.07, 6.45) is 9.25. The Morgan fingerprint density at radius 2 is 1.89 bits per heavy atom. The van der Waals surface area contributed by atoms with E-state index in [-0.39, 0.29) is 0 Å². The van der Waals surface area contributed by atoms with Crippen molar-refractivity contribution in [3.8, 4) is 0 Å². The smallest absolute Gasteiger partial charge is 0.0130 e. The van der Waals surface area contributed by atoms with Gasteiger partial charge in [0.15, 0.2) is 0 Å². The third-order valence-electron chi connectivity index (χ3n) is 3.73. The molecule has 1 aliphatic carbocycles. The normalized spacial score (nSPS) is 18.1. The average molecular weight is 263 g/mol. The van der Waals surface area contributed by atoms with E-state index in [1.165, 1.54) is 44.1 Å². The molecule has 1 aromatic carbocycles. The van der Waals surface area contributed by atoms with Gasteiger partial charge in [0.2, 0.25) is 0 Å². The summed E-state index contributed by atoms with van der Waals surface area (Å²) in [6, 6.07) is 11.1. The monoisotopic (exact) mass is 263 g/mol. The van der Waals surface area contributed by atoms with Gasteiger partial charge in [-0.3, -0.25) is 0 Å². The van der Waals surface area contributed by atoms with Crippen molar-refractivity contribution < 1.29 is 0 Å². The van der Waals surface area contributed by atoms with Crippen LogP contribution in [0.5, 0.6) is 0 Å². The van der Waals surface area contributed by atoms with Gasteiger partial charge in [-0.2, -0.15) is 11.8 Å². The Labute approximate surface area is 116 Å². The van der Waals surface area contributed by atoms with E-state index in [0.29, 0.717) is 6.04 Å². The van der Waals surface area contributed by atoms with Crippen LogP contribution in [0.4, 0.5) is 0 Å². The maximum absolute atomic E-state index is 6.20. The van der Waals surface area contributed by atoms with Crippen LogP contribution in [0.15, 0.2) is 30.3 Å². The first-order valence-corrected chi connectivity index (χ1v) is 8.30. The van der Waals surface area contributed by atoms with E-state index >= 15 is 0 Å². The third-order valence-corrected chi connectivity index (χ3v) is 5.29. The summed E-state index contributed by atoms with van der Waals surface area (Å²) in [5.74, 6) is 1.15. The molecule has 0 radical (unpaired) electrons. The van der Waals surface area contributed by atoms with Gasteiger partial charge >= 0.3 is 0 Å². The van der Waals surface area contributed by atoms with Crippen LogP contribution in [-0.2, 0) is 6.42 Å². The van der Waals surface area contributed by atoms with E-state index in [4.69, 9.17) is 5.73 Å². The summed E-state index contributed by atoms with van der Waals surface area (Å²) < 4.78 is 0. The summed E-state index contributed by atoms with van der Waals surface area (Å²) in [5, 5.41) is 0.908. The first-order chi connectivity index (χ1) is 8.84. The van der Waals surface area contributed by atoms with E-state index in [1.807, 2.05) is 0 Å².